The molecule has 1 aromatic heterocycles. The van der Waals surface area contributed by atoms with E-state index in [0.29, 0.717) is 17.3 Å². The van der Waals surface area contributed by atoms with Crippen LogP contribution in [0.5, 0.6) is 5.75 Å². The smallest absolute Gasteiger partial charge is 0.276 e. The van der Waals surface area contributed by atoms with E-state index in [-0.39, 0.29) is 23.9 Å². The summed E-state index contributed by atoms with van der Waals surface area (Å²) in [4.78, 5) is 24.6. The van der Waals surface area contributed by atoms with Crippen LogP contribution in [0.1, 0.15) is 16.1 Å². The number of anilines is 2. The third-order valence-electron chi connectivity index (χ3n) is 3.92. The summed E-state index contributed by atoms with van der Waals surface area (Å²) in [5, 5.41) is 9.70. The van der Waals surface area contributed by atoms with Crippen molar-refractivity contribution in [2.75, 3.05) is 17.7 Å². The summed E-state index contributed by atoms with van der Waals surface area (Å²) in [7, 11) is 3.23. The van der Waals surface area contributed by atoms with Gasteiger partial charge in [0.2, 0.25) is 5.91 Å². The number of carbonyl (C=O) groups is 2. The number of benzene rings is 2. The van der Waals surface area contributed by atoms with Gasteiger partial charge in [-0.25, -0.2) is 0 Å². The van der Waals surface area contributed by atoms with Crippen LogP contribution in [-0.2, 0) is 18.3 Å². The quantitative estimate of drug-likeness (QED) is 0.704. The third kappa shape index (κ3) is 4.72. The topological polar surface area (TPSA) is 85.3 Å². The number of hydrogen-bond acceptors (Lipinski definition) is 4. The molecule has 2 N–H and O–H groups in total. The zero-order chi connectivity index (χ0) is 19.2. The Morgan fingerprint density at radius 3 is 2.56 bits per heavy atom. The van der Waals surface area contributed by atoms with E-state index < -0.39 is 0 Å². The Balaban J connectivity index is 1.66. The minimum absolute atomic E-state index is 0.177. The summed E-state index contributed by atoms with van der Waals surface area (Å²) >= 11 is 0. The Hall–Kier alpha value is -3.61. The average molecular weight is 364 g/mol. The van der Waals surface area contributed by atoms with Crippen molar-refractivity contribution in [1.82, 2.24) is 9.78 Å². The van der Waals surface area contributed by atoms with Gasteiger partial charge in [0, 0.05) is 24.9 Å². The van der Waals surface area contributed by atoms with Crippen LogP contribution >= 0.6 is 0 Å². The molecule has 2 aromatic carbocycles. The summed E-state index contributed by atoms with van der Waals surface area (Å²) in [5.41, 5.74) is 1.71. The van der Waals surface area contributed by atoms with Gasteiger partial charge in [-0.2, -0.15) is 5.10 Å². The van der Waals surface area contributed by atoms with E-state index in [1.807, 2.05) is 30.3 Å². The van der Waals surface area contributed by atoms with E-state index in [1.54, 1.807) is 44.5 Å². The second-order valence-electron chi connectivity index (χ2n) is 5.94. The number of methoxy groups -OCH3 is 1. The lowest BCUT2D eigenvalue weighted by atomic mass is 10.1. The van der Waals surface area contributed by atoms with E-state index in [9.17, 15) is 9.59 Å². The molecule has 7 heteroatoms. The number of aryl methyl sites for hydroxylation is 1. The number of nitrogens with zero attached hydrogens (tertiary/aromatic N) is 2. The molecule has 3 rings (SSSR count). The third-order valence-corrected chi connectivity index (χ3v) is 3.92. The Morgan fingerprint density at radius 1 is 1.04 bits per heavy atom. The molecule has 0 saturated heterocycles. The lowest BCUT2D eigenvalue weighted by molar-refractivity contribution is -0.115. The van der Waals surface area contributed by atoms with Crippen LogP contribution < -0.4 is 15.4 Å². The molecule has 0 bridgehead atoms. The van der Waals surface area contributed by atoms with Crippen LogP contribution in [0.3, 0.4) is 0 Å². The molecule has 0 radical (unpaired) electrons. The van der Waals surface area contributed by atoms with Crippen LogP contribution in [-0.4, -0.2) is 28.7 Å². The fourth-order valence-corrected chi connectivity index (χ4v) is 2.56. The van der Waals surface area contributed by atoms with E-state index in [2.05, 4.69) is 15.7 Å². The molecule has 7 nitrogen and oxygen atoms in total. The largest absolute Gasteiger partial charge is 0.497 e. The summed E-state index contributed by atoms with van der Waals surface area (Å²) in [6, 6.07) is 18.0. The van der Waals surface area contributed by atoms with Gasteiger partial charge in [-0.3, -0.25) is 14.3 Å². The molecule has 0 unspecified atom stereocenters. The van der Waals surface area contributed by atoms with Crippen molar-refractivity contribution in [3.63, 3.8) is 0 Å². The van der Waals surface area contributed by atoms with Crippen LogP contribution in [0, 0.1) is 0 Å². The van der Waals surface area contributed by atoms with Gasteiger partial charge in [-0.05, 0) is 17.7 Å². The summed E-state index contributed by atoms with van der Waals surface area (Å²) in [5.74, 6) is 0.542. The first-order valence-corrected chi connectivity index (χ1v) is 8.38. The molecule has 3 aromatic rings. The second-order valence-corrected chi connectivity index (χ2v) is 5.94. The molecule has 1 heterocycles. The number of carbonyl (C=O) groups excluding carboxylic acids is 2. The molecular formula is C20H20N4O3. The maximum absolute atomic E-state index is 12.4. The summed E-state index contributed by atoms with van der Waals surface area (Å²) in [6.07, 6.45) is 0.247. The zero-order valence-corrected chi connectivity index (χ0v) is 15.1. The van der Waals surface area contributed by atoms with Gasteiger partial charge in [-0.15, -0.1) is 0 Å². The highest BCUT2D eigenvalue weighted by molar-refractivity contribution is 6.04. The molecule has 0 aliphatic carbocycles. The summed E-state index contributed by atoms with van der Waals surface area (Å²) < 4.78 is 6.60. The first-order valence-electron chi connectivity index (χ1n) is 8.38. The predicted octanol–water partition coefficient (Wildman–Crippen LogP) is 2.86. The SMILES string of the molecule is COc1cccc(NC(=O)c2cc(NC(=O)Cc3ccccc3)n(C)n2)c1. The molecule has 0 aliphatic rings. The molecular weight excluding hydrogens is 344 g/mol. The molecule has 0 fully saturated rings. The average Bonchev–Trinajstić information content (AvgIpc) is 3.03. The second kappa shape index (κ2) is 8.18. The van der Waals surface area contributed by atoms with Gasteiger partial charge < -0.3 is 15.4 Å². The van der Waals surface area contributed by atoms with Crippen molar-refractivity contribution in [2.45, 2.75) is 6.42 Å². The highest BCUT2D eigenvalue weighted by Gasteiger charge is 2.15. The van der Waals surface area contributed by atoms with Gasteiger partial charge in [0.25, 0.3) is 5.91 Å². The van der Waals surface area contributed by atoms with Crippen LogP contribution in [0.25, 0.3) is 0 Å². The normalized spacial score (nSPS) is 10.3. The number of aromatic nitrogens is 2. The maximum Gasteiger partial charge on any atom is 0.276 e. The highest BCUT2D eigenvalue weighted by atomic mass is 16.5. The first kappa shape index (κ1) is 18.2. The van der Waals surface area contributed by atoms with E-state index in [1.165, 1.54) is 4.68 Å². The molecule has 0 atom stereocenters. The van der Waals surface area contributed by atoms with E-state index in [0.717, 1.165) is 5.56 Å². The minimum Gasteiger partial charge on any atom is -0.497 e. The van der Waals surface area contributed by atoms with Crippen molar-refractivity contribution in [1.29, 1.82) is 0 Å². The van der Waals surface area contributed by atoms with Gasteiger partial charge in [-0.1, -0.05) is 36.4 Å². The fourth-order valence-electron chi connectivity index (χ4n) is 2.56. The number of amides is 2. The van der Waals surface area contributed by atoms with Crippen molar-refractivity contribution in [2.24, 2.45) is 7.05 Å². The zero-order valence-electron chi connectivity index (χ0n) is 15.1. The number of ether oxygens (including phenoxy) is 1. The van der Waals surface area contributed by atoms with E-state index >= 15 is 0 Å². The molecule has 138 valence electrons. The van der Waals surface area contributed by atoms with Crippen LogP contribution in [0.15, 0.2) is 60.7 Å². The molecule has 0 spiro atoms. The van der Waals surface area contributed by atoms with E-state index in [4.69, 9.17) is 4.74 Å². The number of nitrogens with one attached hydrogen (secondary N) is 2. The van der Waals surface area contributed by atoms with Crippen LogP contribution in [0.4, 0.5) is 11.5 Å². The molecule has 0 aliphatic heterocycles. The molecule has 27 heavy (non-hydrogen) atoms. The summed E-state index contributed by atoms with van der Waals surface area (Å²) in [6.45, 7) is 0. The molecule has 0 saturated carbocycles. The predicted molar refractivity (Wildman–Crippen MR) is 103 cm³/mol. The van der Waals surface area contributed by atoms with Gasteiger partial charge in [0.15, 0.2) is 5.69 Å². The van der Waals surface area contributed by atoms with Crippen molar-refractivity contribution in [3.05, 3.63) is 71.9 Å². The van der Waals surface area contributed by atoms with Crippen molar-refractivity contribution >= 4 is 23.3 Å². The highest BCUT2D eigenvalue weighted by Crippen LogP contribution is 2.18. The number of hydrogen-bond donors (Lipinski definition) is 2. The van der Waals surface area contributed by atoms with Crippen molar-refractivity contribution < 1.29 is 14.3 Å². The first-order chi connectivity index (χ1) is 13.0. The lowest BCUT2D eigenvalue weighted by Crippen LogP contribution is -2.16. The Morgan fingerprint density at radius 2 is 1.81 bits per heavy atom. The Bertz CT molecular complexity index is 951. The van der Waals surface area contributed by atoms with Gasteiger partial charge in [0.05, 0.1) is 13.5 Å². The number of rotatable bonds is 6. The Kier molecular flexibility index (Phi) is 5.51. The Labute approximate surface area is 157 Å². The maximum atomic E-state index is 12.4. The monoisotopic (exact) mass is 364 g/mol. The molecule has 2 amide bonds. The fraction of sp³-hybridized carbons (Fsp3) is 0.150. The lowest BCUT2D eigenvalue weighted by Gasteiger charge is -2.05. The van der Waals surface area contributed by atoms with Gasteiger partial charge in [0.1, 0.15) is 11.6 Å². The van der Waals surface area contributed by atoms with Gasteiger partial charge >= 0.3 is 0 Å². The standard InChI is InChI=1S/C20H20N4O3/c1-24-18(22-19(25)11-14-7-4-3-5-8-14)13-17(23-24)20(26)21-15-9-6-10-16(12-15)27-2/h3-10,12-13H,11H2,1-2H3,(H,21,26)(H,22,25). The van der Waals surface area contributed by atoms with Crippen molar-refractivity contribution in [3.8, 4) is 5.75 Å². The van der Waals surface area contributed by atoms with Crippen LogP contribution in [0.2, 0.25) is 0 Å². The minimum atomic E-state index is -0.373.